The van der Waals surface area contributed by atoms with E-state index >= 15 is 0 Å². The molecule has 0 spiro atoms. The van der Waals surface area contributed by atoms with E-state index in [2.05, 4.69) is 5.32 Å². The van der Waals surface area contributed by atoms with Gasteiger partial charge < -0.3 is 19.5 Å². The second-order valence-electron chi connectivity index (χ2n) is 5.75. The third kappa shape index (κ3) is 3.79. The molecule has 1 heterocycles. The van der Waals surface area contributed by atoms with E-state index in [9.17, 15) is 4.79 Å². The van der Waals surface area contributed by atoms with Gasteiger partial charge in [-0.2, -0.15) is 0 Å². The van der Waals surface area contributed by atoms with Gasteiger partial charge in [0.25, 0.3) is 0 Å². The molecule has 1 unspecified atom stereocenters. The van der Waals surface area contributed by atoms with Crippen LogP contribution in [0, 0.1) is 0 Å². The summed E-state index contributed by atoms with van der Waals surface area (Å²) in [5, 5.41) is 3.02. The van der Waals surface area contributed by atoms with Crippen LogP contribution in [0.1, 0.15) is 30.5 Å². The Hall–Kier alpha value is -2.69. The highest BCUT2D eigenvalue weighted by atomic mass is 16.7. The van der Waals surface area contributed by atoms with Crippen molar-refractivity contribution in [2.24, 2.45) is 0 Å². The number of benzene rings is 2. The lowest BCUT2D eigenvalue weighted by atomic mass is 10.1. The highest BCUT2D eigenvalue weighted by Gasteiger charge is 2.14. The van der Waals surface area contributed by atoms with Gasteiger partial charge in [0.15, 0.2) is 11.5 Å². The molecule has 0 aliphatic carbocycles. The summed E-state index contributed by atoms with van der Waals surface area (Å²) >= 11 is 0. The fourth-order valence-corrected chi connectivity index (χ4v) is 2.64. The number of carbonyl (C=O) groups is 1. The maximum absolute atomic E-state index is 12.2. The van der Waals surface area contributed by atoms with Crippen molar-refractivity contribution in [3.8, 4) is 17.2 Å². The van der Waals surface area contributed by atoms with Crippen LogP contribution in [0.15, 0.2) is 42.5 Å². The first-order chi connectivity index (χ1) is 11.7. The number of methoxy groups -OCH3 is 1. The number of hydrogen-bond acceptors (Lipinski definition) is 4. The van der Waals surface area contributed by atoms with Gasteiger partial charge in [-0.3, -0.25) is 4.79 Å². The molecule has 1 N–H and O–H groups in total. The monoisotopic (exact) mass is 327 g/mol. The number of hydrogen-bond donors (Lipinski definition) is 1. The Bertz CT molecular complexity index is 712. The summed E-state index contributed by atoms with van der Waals surface area (Å²) in [4.78, 5) is 12.2. The minimum Gasteiger partial charge on any atom is -0.497 e. The third-order valence-electron chi connectivity index (χ3n) is 4.07. The fraction of sp³-hybridized carbons (Fsp3) is 0.316. The summed E-state index contributed by atoms with van der Waals surface area (Å²) < 4.78 is 15.8. The minimum absolute atomic E-state index is 0.0241. The zero-order chi connectivity index (χ0) is 16.9. The minimum atomic E-state index is -0.0415. The topological polar surface area (TPSA) is 56.8 Å². The first-order valence-corrected chi connectivity index (χ1v) is 7.97. The molecule has 1 atom stereocenters. The predicted molar refractivity (Wildman–Crippen MR) is 90.4 cm³/mol. The molecule has 0 saturated heterocycles. The van der Waals surface area contributed by atoms with Crippen molar-refractivity contribution >= 4 is 5.91 Å². The summed E-state index contributed by atoms with van der Waals surface area (Å²) in [6, 6.07) is 13.4. The Morgan fingerprint density at radius 3 is 2.67 bits per heavy atom. The van der Waals surface area contributed by atoms with Crippen molar-refractivity contribution < 1.29 is 19.0 Å². The first kappa shape index (κ1) is 16.2. The van der Waals surface area contributed by atoms with E-state index < -0.39 is 0 Å². The van der Waals surface area contributed by atoms with Gasteiger partial charge in [0.1, 0.15) is 5.75 Å². The molecular weight excluding hydrogens is 306 g/mol. The lowest BCUT2D eigenvalue weighted by Crippen LogP contribution is -2.26. The van der Waals surface area contributed by atoms with Crippen LogP contribution < -0.4 is 19.5 Å². The molecule has 2 aromatic rings. The lowest BCUT2D eigenvalue weighted by molar-refractivity contribution is -0.121. The van der Waals surface area contributed by atoms with Gasteiger partial charge in [-0.25, -0.2) is 0 Å². The number of amides is 1. The standard InChI is InChI=1S/C19H21NO4/c1-13(15-5-7-16(22-2)8-6-15)20-19(21)10-4-14-3-9-17-18(11-14)24-12-23-17/h3,5-9,11,13H,4,10,12H2,1-2H3,(H,20,21). The fourth-order valence-electron chi connectivity index (χ4n) is 2.64. The van der Waals surface area contributed by atoms with Crippen LogP contribution >= 0.6 is 0 Å². The molecule has 24 heavy (non-hydrogen) atoms. The largest absolute Gasteiger partial charge is 0.497 e. The van der Waals surface area contributed by atoms with Gasteiger partial charge in [-0.1, -0.05) is 18.2 Å². The average Bonchev–Trinajstić information content (AvgIpc) is 3.07. The van der Waals surface area contributed by atoms with E-state index in [-0.39, 0.29) is 18.7 Å². The Kier molecular flexibility index (Phi) is 4.89. The van der Waals surface area contributed by atoms with Gasteiger partial charge in [0, 0.05) is 6.42 Å². The maximum atomic E-state index is 12.2. The molecule has 0 radical (unpaired) electrons. The highest BCUT2D eigenvalue weighted by Crippen LogP contribution is 2.32. The molecule has 1 aliphatic rings. The van der Waals surface area contributed by atoms with E-state index in [1.54, 1.807) is 7.11 Å². The molecule has 0 bridgehead atoms. The van der Waals surface area contributed by atoms with Gasteiger partial charge >= 0.3 is 0 Å². The normalized spacial score (nSPS) is 13.4. The van der Waals surface area contributed by atoms with Gasteiger partial charge in [0.2, 0.25) is 12.7 Å². The van der Waals surface area contributed by atoms with Gasteiger partial charge in [-0.05, 0) is 48.7 Å². The molecule has 2 aromatic carbocycles. The molecular formula is C19H21NO4. The first-order valence-electron chi connectivity index (χ1n) is 7.97. The Labute approximate surface area is 141 Å². The number of ether oxygens (including phenoxy) is 3. The Balaban J connectivity index is 1.51. The van der Waals surface area contributed by atoms with Crippen molar-refractivity contribution in [2.45, 2.75) is 25.8 Å². The maximum Gasteiger partial charge on any atom is 0.231 e. The van der Waals surface area contributed by atoms with Crippen LogP contribution in [-0.4, -0.2) is 19.8 Å². The smallest absolute Gasteiger partial charge is 0.231 e. The van der Waals surface area contributed by atoms with Crippen LogP contribution in [0.25, 0.3) is 0 Å². The molecule has 1 amide bonds. The summed E-state index contributed by atoms with van der Waals surface area (Å²) in [6.45, 7) is 2.24. The quantitative estimate of drug-likeness (QED) is 0.885. The molecule has 0 fully saturated rings. The number of carbonyl (C=O) groups excluding carboxylic acids is 1. The van der Waals surface area contributed by atoms with Gasteiger partial charge in [-0.15, -0.1) is 0 Å². The van der Waals surface area contributed by atoms with Crippen molar-refractivity contribution in [2.75, 3.05) is 13.9 Å². The number of aryl methyl sites for hydroxylation is 1. The van der Waals surface area contributed by atoms with E-state index in [4.69, 9.17) is 14.2 Å². The summed E-state index contributed by atoms with van der Waals surface area (Å²) in [7, 11) is 1.64. The third-order valence-corrected chi connectivity index (χ3v) is 4.07. The number of nitrogens with one attached hydrogen (secondary N) is 1. The molecule has 1 aliphatic heterocycles. The van der Waals surface area contributed by atoms with Crippen LogP contribution in [-0.2, 0) is 11.2 Å². The number of fused-ring (bicyclic) bond motifs is 1. The Morgan fingerprint density at radius 1 is 1.17 bits per heavy atom. The van der Waals surface area contributed by atoms with Crippen LogP contribution in [0.4, 0.5) is 0 Å². The second-order valence-corrected chi connectivity index (χ2v) is 5.75. The van der Waals surface area contributed by atoms with E-state index in [0.29, 0.717) is 12.8 Å². The molecule has 5 nitrogen and oxygen atoms in total. The molecule has 0 saturated carbocycles. The van der Waals surface area contributed by atoms with E-state index in [1.165, 1.54) is 0 Å². The summed E-state index contributed by atoms with van der Waals surface area (Å²) in [5.41, 5.74) is 2.11. The van der Waals surface area contributed by atoms with E-state index in [1.807, 2.05) is 49.4 Å². The van der Waals surface area contributed by atoms with Crippen molar-refractivity contribution in [3.63, 3.8) is 0 Å². The second kappa shape index (κ2) is 7.25. The van der Waals surface area contributed by atoms with Crippen molar-refractivity contribution in [1.29, 1.82) is 0 Å². The van der Waals surface area contributed by atoms with Crippen LogP contribution in [0.5, 0.6) is 17.2 Å². The summed E-state index contributed by atoms with van der Waals surface area (Å²) in [6.07, 6.45) is 1.10. The van der Waals surface area contributed by atoms with Crippen LogP contribution in [0.3, 0.4) is 0 Å². The van der Waals surface area contributed by atoms with Gasteiger partial charge in [0.05, 0.1) is 13.2 Å². The lowest BCUT2D eigenvalue weighted by Gasteiger charge is -2.15. The SMILES string of the molecule is COc1ccc(C(C)NC(=O)CCc2ccc3c(c2)OCO3)cc1. The molecule has 126 valence electrons. The zero-order valence-corrected chi connectivity index (χ0v) is 13.9. The van der Waals surface area contributed by atoms with Crippen molar-refractivity contribution in [3.05, 3.63) is 53.6 Å². The molecule has 3 rings (SSSR count). The summed E-state index contributed by atoms with van der Waals surface area (Å²) in [5.74, 6) is 2.34. The number of rotatable bonds is 6. The molecule has 5 heteroatoms. The van der Waals surface area contributed by atoms with E-state index in [0.717, 1.165) is 28.4 Å². The Morgan fingerprint density at radius 2 is 1.92 bits per heavy atom. The average molecular weight is 327 g/mol. The predicted octanol–water partition coefficient (Wildman–Crippen LogP) is 3.23. The van der Waals surface area contributed by atoms with Crippen molar-refractivity contribution in [1.82, 2.24) is 5.32 Å². The highest BCUT2D eigenvalue weighted by molar-refractivity contribution is 5.76. The van der Waals surface area contributed by atoms with Crippen LogP contribution in [0.2, 0.25) is 0 Å². The molecule has 0 aromatic heterocycles. The zero-order valence-electron chi connectivity index (χ0n) is 13.9.